The molecule has 0 spiro atoms. The molecule has 1 aliphatic heterocycles. The summed E-state index contributed by atoms with van der Waals surface area (Å²) in [6, 6.07) is 23.0. The van der Waals surface area contributed by atoms with Crippen LogP contribution in [-0.2, 0) is 0 Å². The summed E-state index contributed by atoms with van der Waals surface area (Å²) in [6.07, 6.45) is 3.78. The third kappa shape index (κ3) is 3.45. The Morgan fingerprint density at radius 3 is 2.38 bits per heavy atom. The van der Waals surface area contributed by atoms with E-state index in [1.165, 1.54) is 0 Å². The van der Waals surface area contributed by atoms with Crippen molar-refractivity contribution in [1.29, 1.82) is 0 Å². The summed E-state index contributed by atoms with van der Waals surface area (Å²) in [5.41, 5.74) is 1.78. The van der Waals surface area contributed by atoms with Crippen molar-refractivity contribution in [2.75, 3.05) is 6.54 Å². The van der Waals surface area contributed by atoms with Gasteiger partial charge < -0.3 is 9.64 Å². The van der Waals surface area contributed by atoms with Crippen LogP contribution in [0.25, 0.3) is 0 Å². The number of carbonyl (C=O) groups excluding carboxylic acids is 1. The predicted molar refractivity (Wildman–Crippen MR) is 100 cm³/mol. The van der Waals surface area contributed by atoms with E-state index >= 15 is 0 Å². The molecule has 1 unspecified atom stereocenters. The average molecular weight is 344 g/mol. The van der Waals surface area contributed by atoms with Crippen molar-refractivity contribution in [2.24, 2.45) is 0 Å². The number of hydrogen-bond acceptors (Lipinski definition) is 3. The van der Waals surface area contributed by atoms with Gasteiger partial charge in [0.15, 0.2) is 0 Å². The molecule has 1 amide bonds. The minimum Gasteiger partial charge on any atom is -0.439 e. The van der Waals surface area contributed by atoms with Crippen LogP contribution in [0.5, 0.6) is 11.6 Å². The minimum absolute atomic E-state index is 0.0704. The number of pyridine rings is 1. The maximum Gasteiger partial charge on any atom is 0.254 e. The molecule has 26 heavy (non-hydrogen) atoms. The van der Waals surface area contributed by atoms with E-state index in [9.17, 15) is 4.79 Å². The van der Waals surface area contributed by atoms with Gasteiger partial charge in [-0.2, -0.15) is 0 Å². The molecule has 4 nitrogen and oxygen atoms in total. The molecule has 1 fully saturated rings. The Kier molecular flexibility index (Phi) is 4.65. The van der Waals surface area contributed by atoms with Crippen molar-refractivity contribution in [1.82, 2.24) is 9.88 Å². The Morgan fingerprint density at radius 1 is 0.962 bits per heavy atom. The van der Waals surface area contributed by atoms with E-state index in [0.29, 0.717) is 5.88 Å². The van der Waals surface area contributed by atoms with Crippen molar-refractivity contribution < 1.29 is 9.53 Å². The highest BCUT2D eigenvalue weighted by atomic mass is 16.5. The topological polar surface area (TPSA) is 42.4 Å². The zero-order valence-electron chi connectivity index (χ0n) is 14.4. The lowest BCUT2D eigenvalue weighted by Crippen LogP contribution is -2.30. The Labute approximate surface area is 153 Å². The Morgan fingerprint density at radius 2 is 1.69 bits per heavy atom. The Hall–Kier alpha value is -3.14. The number of aromatic nitrogens is 1. The van der Waals surface area contributed by atoms with E-state index in [1.54, 1.807) is 0 Å². The van der Waals surface area contributed by atoms with Gasteiger partial charge in [-0.25, -0.2) is 4.98 Å². The van der Waals surface area contributed by atoms with Crippen LogP contribution in [0, 0.1) is 0 Å². The standard InChI is InChI=1S/C22H20N2O2/c25-22(17-8-3-1-4-9-17)24-15-7-12-20(24)18-13-14-21(23-16-18)26-19-10-5-2-6-11-19/h1-6,8-11,13-14,16,20H,7,12,15H2. The van der Waals surface area contributed by atoms with E-state index in [-0.39, 0.29) is 11.9 Å². The predicted octanol–water partition coefficient (Wildman–Crippen LogP) is 4.85. The number of para-hydroxylation sites is 1. The summed E-state index contributed by atoms with van der Waals surface area (Å²) in [7, 11) is 0. The van der Waals surface area contributed by atoms with Gasteiger partial charge in [-0.05, 0) is 42.7 Å². The van der Waals surface area contributed by atoms with Gasteiger partial charge >= 0.3 is 0 Å². The van der Waals surface area contributed by atoms with E-state index in [1.807, 2.05) is 83.9 Å². The van der Waals surface area contributed by atoms with Crippen molar-refractivity contribution in [3.05, 3.63) is 90.1 Å². The fourth-order valence-electron chi connectivity index (χ4n) is 3.36. The quantitative estimate of drug-likeness (QED) is 0.679. The molecular weight excluding hydrogens is 324 g/mol. The highest BCUT2D eigenvalue weighted by Gasteiger charge is 2.30. The molecule has 2 heterocycles. The van der Waals surface area contributed by atoms with Gasteiger partial charge in [0.25, 0.3) is 5.91 Å². The van der Waals surface area contributed by atoms with Crippen LogP contribution < -0.4 is 4.74 Å². The lowest BCUT2D eigenvalue weighted by molar-refractivity contribution is 0.0735. The van der Waals surface area contributed by atoms with Crippen LogP contribution in [0.15, 0.2) is 79.0 Å². The van der Waals surface area contributed by atoms with Gasteiger partial charge in [0.05, 0.1) is 6.04 Å². The second-order valence-electron chi connectivity index (χ2n) is 6.37. The molecule has 1 aliphatic rings. The number of nitrogens with zero attached hydrogens (tertiary/aromatic N) is 2. The third-order valence-electron chi connectivity index (χ3n) is 4.64. The van der Waals surface area contributed by atoms with E-state index in [2.05, 4.69) is 4.98 Å². The van der Waals surface area contributed by atoms with E-state index < -0.39 is 0 Å². The summed E-state index contributed by atoms with van der Waals surface area (Å²) in [6.45, 7) is 0.778. The number of benzene rings is 2. The SMILES string of the molecule is O=C(c1ccccc1)N1CCCC1c1ccc(Oc2ccccc2)nc1. The van der Waals surface area contributed by atoms with Crippen molar-refractivity contribution in [2.45, 2.75) is 18.9 Å². The minimum atomic E-state index is 0.0704. The Bertz CT molecular complexity index is 864. The zero-order valence-corrected chi connectivity index (χ0v) is 14.4. The van der Waals surface area contributed by atoms with Gasteiger partial charge in [0.1, 0.15) is 5.75 Å². The maximum atomic E-state index is 12.8. The molecule has 4 rings (SSSR count). The second kappa shape index (κ2) is 7.40. The number of rotatable bonds is 4. The molecule has 0 radical (unpaired) electrons. The molecule has 1 saturated heterocycles. The molecule has 3 aromatic rings. The molecule has 0 saturated carbocycles. The number of hydrogen-bond donors (Lipinski definition) is 0. The molecule has 4 heteroatoms. The van der Waals surface area contributed by atoms with E-state index in [4.69, 9.17) is 4.74 Å². The first kappa shape index (κ1) is 16.3. The first-order valence-electron chi connectivity index (χ1n) is 8.86. The van der Waals surface area contributed by atoms with Gasteiger partial charge in [-0.1, -0.05) is 42.5 Å². The lowest BCUT2D eigenvalue weighted by atomic mass is 10.1. The molecule has 0 bridgehead atoms. The second-order valence-corrected chi connectivity index (χ2v) is 6.37. The molecular formula is C22H20N2O2. The molecule has 0 aliphatic carbocycles. The fraction of sp³-hybridized carbons (Fsp3) is 0.182. The molecule has 1 aromatic heterocycles. The zero-order chi connectivity index (χ0) is 17.8. The van der Waals surface area contributed by atoms with Crippen molar-refractivity contribution in [3.8, 4) is 11.6 Å². The first-order valence-corrected chi connectivity index (χ1v) is 8.86. The van der Waals surface area contributed by atoms with E-state index in [0.717, 1.165) is 36.3 Å². The molecule has 130 valence electrons. The first-order chi connectivity index (χ1) is 12.8. The van der Waals surface area contributed by atoms with Crippen LogP contribution in [0.2, 0.25) is 0 Å². The van der Waals surface area contributed by atoms with Gasteiger partial charge in [0.2, 0.25) is 5.88 Å². The number of ether oxygens (including phenoxy) is 1. The number of likely N-dealkylation sites (tertiary alicyclic amines) is 1. The van der Waals surface area contributed by atoms with Crippen molar-refractivity contribution >= 4 is 5.91 Å². The largest absolute Gasteiger partial charge is 0.439 e. The fourth-order valence-corrected chi connectivity index (χ4v) is 3.36. The van der Waals surface area contributed by atoms with Crippen LogP contribution in [0.4, 0.5) is 0 Å². The molecule has 0 N–H and O–H groups in total. The van der Waals surface area contributed by atoms with Crippen molar-refractivity contribution in [3.63, 3.8) is 0 Å². The van der Waals surface area contributed by atoms with Crippen LogP contribution in [0.3, 0.4) is 0 Å². The van der Waals surface area contributed by atoms with Crippen LogP contribution >= 0.6 is 0 Å². The normalized spacial score (nSPS) is 16.5. The summed E-state index contributed by atoms with van der Waals surface area (Å²) >= 11 is 0. The Balaban J connectivity index is 1.50. The maximum absolute atomic E-state index is 12.8. The summed E-state index contributed by atoms with van der Waals surface area (Å²) in [4.78, 5) is 19.2. The third-order valence-corrected chi connectivity index (χ3v) is 4.64. The number of carbonyl (C=O) groups is 1. The number of amides is 1. The molecule has 1 atom stereocenters. The van der Waals surface area contributed by atoms with Crippen LogP contribution in [0.1, 0.15) is 34.8 Å². The summed E-state index contributed by atoms with van der Waals surface area (Å²) < 4.78 is 5.75. The van der Waals surface area contributed by atoms with Gasteiger partial charge in [0, 0.05) is 24.4 Å². The molecule has 2 aromatic carbocycles. The highest BCUT2D eigenvalue weighted by Crippen LogP contribution is 2.33. The van der Waals surface area contributed by atoms with Crippen LogP contribution in [-0.4, -0.2) is 22.3 Å². The van der Waals surface area contributed by atoms with Gasteiger partial charge in [-0.3, -0.25) is 4.79 Å². The summed E-state index contributed by atoms with van der Waals surface area (Å²) in [5.74, 6) is 1.39. The lowest BCUT2D eigenvalue weighted by Gasteiger charge is -2.25. The monoisotopic (exact) mass is 344 g/mol. The highest BCUT2D eigenvalue weighted by molar-refractivity contribution is 5.94. The van der Waals surface area contributed by atoms with Gasteiger partial charge in [-0.15, -0.1) is 0 Å². The average Bonchev–Trinajstić information content (AvgIpc) is 3.19. The summed E-state index contributed by atoms with van der Waals surface area (Å²) in [5, 5.41) is 0. The smallest absolute Gasteiger partial charge is 0.254 e.